The maximum atomic E-state index is 13.3. The zero-order valence-electron chi connectivity index (χ0n) is 18.5. The number of rotatable bonds is 5. The summed E-state index contributed by atoms with van der Waals surface area (Å²) in [5, 5.41) is 8.70. The minimum absolute atomic E-state index is 0.0829. The van der Waals surface area contributed by atoms with Gasteiger partial charge in [-0.25, -0.2) is 4.79 Å². The third-order valence-corrected chi connectivity index (χ3v) is 5.97. The first-order valence-electron chi connectivity index (χ1n) is 10.5. The van der Waals surface area contributed by atoms with Crippen molar-refractivity contribution in [1.82, 2.24) is 20.4 Å². The SMILES string of the molecule is COc1ccc2cc(C3(C)NC(=O)N(Cc4noc(-c5ccc(C)cc5)n4)C3=O)ccc2c1. The van der Waals surface area contributed by atoms with Crippen LogP contribution in [-0.2, 0) is 16.9 Å². The molecule has 166 valence electrons. The van der Waals surface area contributed by atoms with E-state index in [2.05, 4.69) is 15.5 Å². The highest BCUT2D eigenvalue weighted by Gasteiger charge is 2.49. The van der Waals surface area contributed by atoms with Gasteiger partial charge in [-0.05, 0) is 60.5 Å². The lowest BCUT2D eigenvalue weighted by atomic mass is 9.90. The summed E-state index contributed by atoms with van der Waals surface area (Å²) in [6.45, 7) is 3.61. The molecule has 8 heteroatoms. The smallest absolute Gasteiger partial charge is 0.325 e. The summed E-state index contributed by atoms with van der Waals surface area (Å²) in [7, 11) is 1.62. The fraction of sp³-hybridized carbons (Fsp3) is 0.200. The quantitative estimate of drug-likeness (QED) is 0.466. The molecule has 1 aliphatic rings. The highest BCUT2D eigenvalue weighted by molar-refractivity contribution is 6.07. The van der Waals surface area contributed by atoms with Gasteiger partial charge in [-0.3, -0.25) is 9.69 Å². The number of amides is 3. The third kappa shape index (κ3) is 3.59. The lowest BCUT2D eigenvalue weighted by Crippen LogP contribution is -2.40. The molecule has 0 radical (unpaired) electrons. The van der Waals surface area contributed by atoms with Crippen LogP contribution in [0.2, 0.25) is 0 Å². The number of aromatic nitrogens is 2. The Hall–Kier alpha value is -4.20. The number of imide groups is 1. The Kier molecular flexibility index (Phi) is 4.85. The number of aryl methyl sites for hydroxylation is 1. The lowest BCUT2D eigenvalue weighted by molar-refractivity contribution is -0.131. The Morgan fingerprint density at radius 1 is 1.03 bits per heavy atom. The largest absolute Gasteiger partial charge is 0.497 e. The van der Waals surface area contributed by atoms with Gasteiger partial charge in [0.05, 0.1) is 13.7 Å². The Bertz CT molecular complexity index is 1380. The van der Waals surface area contributed by atoms with Crippen LogP contribution in [0.25, 0.3) is 22.2 Å². The lowest BCUT2D eigenvalue weighted by Gasteiger charge is -2.22. The van der Waals surface area contributed by atoms with Gasteiger partial charge < -0.3 is 14.6 Å². The van der Waals surface area contributed by atoms with Crippen LogP contribution in [-0.4, -0.2) is 34.1 Å². The normalized spacial score (nSPS) is 18.1. The van der Waals surface area contributed by atoms with Crippen molar-refractivity contribution in [2.24, 2.45) is 0 Å². The van der Waals surface area contributed by atoms with Gasteiger partial charge in [-0.15, -0.1) is 0 Å². The number of hydrogen-bond donors (Lipinski definition) is 1. The van der Waals surface area contributed by atoms with Gasteiger partial charge in [0, 0.05) is 5.56 Å². The molecule has 33 heavy (non-hydrogen) atoms. The number of fused-ring (bicyclic) bond motifs is 1. The van der Waals surface area contributed by atoms with Crippen LogP contribution >= 0.6 is 0 Å². The molecule has 1 atom stereocenters. The number of nitrogens with one attached hydrogen (secondary N) is 1. The van der Waals surface area contributed by atoms with E-state index in [1.807, 2.05) is 67.6 Å². The van der Waals surface area contributed by atoms with E-state index in [1.54, 1.807) is 14.0 Å². The molecule has 3 aromatic carbocycles. The van der Waals surface area contributed by atoms with Gasteiger partial charge >= 0.3 is 6.03 Å². The fourth-order valence-corrected chi connectivity index (χ4v) is 3.97. The van der Waals surface area contributed by atoms with Crippen LogP contribution in [0.3, 0.4) is 0 Å². The third-order valence-electron chi connectivity index (χ3n) is 5.97. The number of hydrogen-bond acceptors (Lipinski definition) is 6. The van der Waals surface area contributed by atoms with E-state index in [-0.39, 0.29) is 18.3 Å². The number of carbonyl (C=O) groups is 2. The molecule has 5 rings (SSSR count). The second-order valence-electron chi connectivity index (χ2n) is 8.26. The number of nitrogens with zero attached hydrogens (tertiary/aromatic N) is 3. The van der Waals surface area contributed by atoms with Crippen LogP contribution in [0, 0.1) is 6.92 Å². The zero-order chi connectivity index (χ0) is 23.2. The average molecular weight is 442 g/mol. The summed E-state index contributed by atoms with van der Waals surface area (Å²) >= 11 is 0. The number of benzene rings is 3. The van der Waals surface area contributed by atoms with Crippen LogP contribution < -0.4 is 10.1 Å². The van der Waals surface area contributed by atoms with Gasteiger partial charge in [0.15, 0.2) is 5.82 Å². The first kappa shape index (κ1) is 20.7. The number of methoxy groups -OCH3 is 1. The van der Waals surface area contributed by atoms with Gasteiger partial charge in [0.2, 0.25) is 0 Å². The Morgan fingerprint density at radius 3 is 2.52 bits per heavy atom. The van der Waals surface area contributed by atoms with Crippen molar-refractivity contribution in [3.63, 3.8) is 0 Å². The summed E-state index contributed by atoms with van der Waals surface area (Å²) in [4.78, 5) is 31.5. The molecule has 3 amide bonds. The van der Waals surface area contributed by atoms with E-state index in [1.165, 1.54) is 0 Å². The Morgan fingerprint density at radius 2 is 1.76 bits per heavy atom. The van der Waals surface area contributed by atoms with Gasteiger partial charge in [-0.2, -0.15) is 4.98 Å². The summed E-state index contributed by atoms with van der Waals surface area (Å²) < 4.78 is 10.6. The first-order chi connectivity index (χ1) is 15.9. The van der Waals surface area contributed by atoms with Crippen molar-refractivity contribution in [1.29, 1.82) is 0 Å². The van der Waals surface area contributed by atoms with Crippen LogP contribution in [0.15, 0.2) is 65.2 Å². The molecule has 8 nitrogen and oxygen atoms in total. The predicted octanol–water partition coefficient (Wildman–Crippen LogP) is 4.17. The number of carbonyl (C=O) groups excluding carboxylic acids is 2. The van der Waals surface area contributed by atoms with E-state index in [0.29, 0.717) is 11.5 Å². The molecular weight excluding hydrogens is 420 g/mol. The Labute approximate surface area is 190 Å². The summed E-state index contributed by atoms with van der Waals surface area (Å²) in [5.41, 5.74) is 1.38. The van der Waals surface area contributed by atoms with Crippen molar-refractivity contribution >= 4 is 22.7 Å². The van der Waals surface area contributed by atoms with E-state index < -0.39 is 11.6 Å². The molecule has 1 fully saturated rings. The monoisotopic (exact) mass is 442 g/mol. The van der Waals surface area contributed by atoms with E-state index >= 15 is 0 Å². The van der Waals surface area contributed by atoms with Crippen molar-refractivity contribution < 1.29 is 18.8 Å². The molecule has 0 bridgehead atoms. The summed E-state index contributed by atoms with van der Waals surface area (Å²) in [6.07, 6.45) is 0. The van der Waals surface area contributed by atoms with Crippen molar-refractivity contribution in [3.05, 3.63) is 77.6 Å². The number of urea groups is 1. The molecule has 0 aliphatic carbocycles. The molecule has 4 aromatic rings. The van der Waals surface area contributed by atoms with E-state index in [9.17, 15) is 9.59 Å². The second kappa shape index (κ2) is 7.74. The van der Waals surface area contributed by atoms with Gasteiger partial charge in [0.25, 0.3) is 11.8 Å². The van der Waals surface area contributed by atoms with E-state index in [4.69, 9.17) is 9.26 Å². The van der Waals surface area contributed by atoms with Gasteiger partial charge in [0.1, 0.15) is 11.3 Å². The minimum atomic E-state index is -1.20. The fourth-order valence-electron chi connectivity index (χ4n) is 3.97. The summed E-state index contributed by atoms with van der Waals surface area (Å²) in [6, 6.07) is 18.5. The van der Waals surface area contributed by atoms with Crippen molar-refractivity contribution in [2.75, 3.05) is 7.11 Å². The molecule has 1 N–H and O–H groups in total. The number of ether oxygens (including phenoxy) is 1. The maximum Gasteiger partial charge on any atom is 0.325 e. The molecule has 1 unspecified atom stereocenters. The molecule has 2 heterocycles. The minimum Gasteiger partial charge on any atom is -0.497 e. The second-order valence-corrected chi connectivity index (χ2v) is 8.26. The molecule has 1 aliphatic heterocycles. The standard InChI is InChI=1S/C25H22N4O4/c1-15-4-6-16(7-5-15)22-26-21(28-33-22)14-29-23(30)25(2,27-24(29)31)19-10-8-18-13-20(32-3)11-9-17(18)12-19/h4-13H,14H2,1-3H3,(H,27,31). The van der Waals surface area contributed by atoms with E-state index in [0.717, 1.165) is 32.5 Å². The van der Waals surface area contributed by atoms with Gasteiger partial charge in [-0.1, -0.05) is 41.1 Å². The van der Waals surface area contributed by atoms with Crippen LogP contribution in [0.5, 0.6) is 5.75 Å². The maximum absolute atomic E-state index is 13.3. The predicted molar refractivity (Wildman–Crippen MR) is 121 cm³/mol. The molecule has 1 aromatic heterocycles. The molecule has 1 saturated heterocycles. The van der Waals surface area contributed by atoms with Crippen LogP contribution in [0.4, 0.5) is 4.79 Å². The zero-order valence-corrected chi connectivity index (χ0v) is 18.5. The average Bonchev–Trinajstić information content (AvgIpc) is 3.38. The molecule has 0 saturated carbocycles. The van der Waals surface area contributed by atoms with Crippen molar-refractivity contribution in [2.45, 2.75) is 25.9 Å². The topological polar surface area (TPSA) is 97.6 Å². The summed E-state index contributed by atoms with van der Waals surface area (Å²) in [5.74, 6) is 0.971. The van der Waals surface area contributed by atoms with Crippen molar-refractivity contribution in [3.8, 4) is 17.2 Å². The highest BCUT2D eigenvalue weighted by atomic mass is 16.5. The first-order valence-corrected chi connectivity index (χ1v) is 10.5. The highest BCUT2D eigenvalue weighted by Crippen LogP contribution is 2.32. The Balaban J connectivity index is 1.39. The van der Waals surface area contributed by atoms with Crippen LogP contribution in [0.1, 0.15) is 23.9 Å². The molecule has 0 spiro atoms. The molecular formula is C25H22N4O4.